The molecule has 0 aromatic rings. The molecule has 7 heteroatoms. The predicted octanol–water partition coefficient (Wildman–Crippen LogP) is -1.98. The van der Waals surface area contributed by atoms with E-state index in [4.69, 9.17) is 22.0 Å². The van der Waals surface area contributed by atoms with E-state index in [9.17, 15) is 9.90 Å². The molecular weight excluding hydrogens is 188 g/mol. The summed E-state index contributed by atoms with van der Waals surface area (Å²) in [6.45, 7) is 0.322. The fraction of sp³-hybridized carbons (Fsp3) is 0.714. The van der Waals surface area contributed by atoms with Crippen molar-refractivity contribution in [3.05, 3.63) is 0 Å². The third-order valence-electron chi connectivity index (χ3n) is 1.64. The highest BCUT2D eigenvalue weighted by atomic mass is 16.4. The Morgan fingerprint density at radius 3 is 2.57 bits per heavy atom. The fourth-order valence-corrected chi connectivity index (χ4v) is 0.885. The maximum absolute atomic E-state index is 10.3. The van der Waals surface area contributed by atoms with Crippen molar-refractivity contribution < 1.29 is 15.0 Å². The van der Waals surface area contributed by atoms with Crippen LogP contribution in [0.15, 0.2) is 0 Å². The number of carboxylic acids is 1. The summed E-state index contributed by atoms with van der Waals surface area (Å²) in [6.07, 6.45) is -0.497. The smallest absolute Gasteiger partial charge is 0.320 e. The normalized spacial score (nSPS) is 14.4. The molecule has 0 rings (SSSR count). The van der Waals surface area contributed by atoms with Crippen molar-refractivity contribution in [2.24, 2.45) is 11.5 Å². The van der Waals surface area contributed by atoms with Crippen LogP contribution in [-0.2, 0) is 4.79 Å². The molecule has 2 atom stereocenters. The Bertz CT molecular complexity index is 209. The molecule has 14 heavy (non-hydrogen) atoms. The summed E-state index contributed by atoms with van der Waals surface area (Å²) >= 11 is 0. The number of hydrogen-bond donors (Lipinski definition) is 6. The Kier molecular flexibility index (Phi) is 5.58. The number of carbonyl (C=O) groups is 1. The van der Waals surface area contributed by atoms with Crippen LogP contribution in [0, 0.1) is 5.41 Å². The first-order valence-corrected chi connectivity index (χ1v) is 4.17. The molecule has 82 valence electrons. The van der Waals surface area contributed by atoms with Crippen molar-refractivity contribution in [2.75, 3.05) is 6.54 Å². The molecule has 0 bridgehead atoms. The Balaban J connectivity index is 3.59. The molecule has 0 saturated carbocycles. The summed E-state index contributed by atoms with van der Waals surface area (Å²) in [5.74, 6) is -1.32. The third-order valence-corrected chi connectivity index (χ3v) is 1.64. The first-order valence-electron chi connectivity index (χ1n) is 4.17. The molecule has 0 aromatic heterocycles. The minimum Gasteiger partial charge on any atom is -0.480 e. The second kappa shape index (κ2) is 6.17. The molecule has 0 spiro atoms. The number of aliphatic carboxylic acids is 1. The molecule has 0 radical (unpaired) electrons. The highest BCUT2D eigenvalue weighted by Gasteiger charge is 2.16. The topological polar surface area (TPSA) is 145 Å². The number of carboxylic acid groups (broad SMARTS) is 1. The molecule has 0 aliphatic rings. The monoisotopic (exact) mass is 204 g/mol. The van der Waals surface area contributed by atoms with E-state index in [1.165, 1.54) is 0 Å². The SMILES string of the molecule is N=C(N)NCCC(O)CC(N)C(=O)O. The van der Waals surface area contributed by atoms with Crippen LogP contribution in [0.2, 0.25) is 0 Å². The summed E-state index contributed by atoms with van der Waals surface area (Å²) in [5, 5.41) is 27.0. The zero-order valence-corrected chi connectivity index (χ0v) is 7.73. The van der Waals surface area contributed by atoms with Crippen LogP contribution in [0.4, 0.5) is 0 Å². The fourth-order valence-electron chi connectivity index (χ4n) is 0.885. The first kappa shape index (κ1) is 12.7. The lowest BCUT2D eigenvalue weighted by atomic mass is 10.1. The molecule has 0 aliphatic carbocycles. The average Bonchev–Trinajstić information content (AvgIpc) is 2.02. The van der Waals surface area contributed by atoms with Crippen molar-refractivity contribution in [1.29, 1.82) is 5.41 Å². The Morgan fingerprint density at radius 2 is 2.14 bits per heavy atom. The number of guanidine groups is 1. The maximum Gasteiger partial charge on any atom is 0.320 e. The molecule has 2 unspecified atom stereocenters. The van der Waals surface area contributed by atoms with Crippen molar-refractivity contribution in [2.45, 2.75) is 25.0 Å². The second-order valence-corrected chi connectivity index (χ2v) is 2.96. The van der Waals surface area contributed by atoms with Gasteiger partial charge in [0.05, 0.1) is 6.10 Å². The van der Waals surface area contributed by atoms with E-state index in [1.807, 2.05) is 0 Å². The van der Waals surface area contributed by atoms with Crippen LogP contribution in [0.5, 0.6) is 0 Å². The Hall–Kier alpha value is -1.34. The quantitative estimate of drug-likeness (QED) is 0.218. The van der Waals surface area contributed by atoms with Crippen LogP contribution >= 0.6 is 0 Å². The van der Waals surface area contributed by atoms with Crippen molar-refractivity contribution in [3.63, 3.8) is 0 Å². The van der Waals surface area contributed by atoms with Gasteiger partial charge in [-0.05, 0) is 12.8 Å². The highest BCUT2D eigenvalue weighted by molar-refractivity contribution is 5.74. The summed E-state index contributed by atoms with van der Waals surface area (Å²) in [6, 6.07) is -1.05. The standard InChI is InChI=1S/C7H16N4O3/c8-5(6(13)14)3-4(12)1-2-11-7(9)10/h4-5,12H,1-3,8H2,(H,13,14)(H4,9,10,11). The maximum atomic E-state index is 10.3. The first-order chi connectivity index (χ1) is 6.43. The Labute approximate surface area is 81.6 Å². The molecule has 0 amide bonds. The zero-order valence-electron chi connectivity index (χ0n) is 7.73. The van der Waals surface area contributed by atoms with E-state index in [0.717, 1.165) is 0 Å². The van der Waals surface area contributed by atoms with Crippen LogP contribution < -0.4 is 16.8 Å². The van der Waals surface area contributed by atoms with Gasteiger partial charge >= 0.3 is 5.97 Å². The van der Waals surface area contributed by atoms with Gasteiger partial charge in [-0.1, -0.05) is 0 Å². The molecule has 0 fully saturated rings. The van der Waals surface area contributed by atoms with Gasteiger partial charge in [0.1, 0.15) is 6.04 Å². The van der Waals surface area contributed by atoms with Crippen molar-refractivity contribution >= 4 is 11.9 Å². The lowest BCUT2D eigenvalue weighted by Crippen LogP contribution is -2.36. The van der Waals surface area contributed by atoms with Gasteiger partial charge in [0.25, 0.3) is 0 Å². The molecule has 8 N–H and O–H groups in total. The van der Waals surface area contributed by atoms with E-state index >= 15 is 0 Å². The number of rotatable bonds is 6. The Morgan fingerprint density at radius 1 is 1.57 bits per heavy atom. The zero-order chi connectivity index (χ0) is 11.1. The highest BCUT2D eigenvalue weighted by Crippen LogP contribution is 2.00. The summed E-state index contributed by atoms with van der Waals surface area (Å²) in [4.78, 5) is 10.3. The minimum absolute atomic E-state index is 0.00504. The van der Waals surface area contributed by atoms with Crippen LogP contribution in [-0.4, -0.2) is 40.8 Å². The van der Waals surface area contributed by atoms with Gasteiger partial charge in [-0.25, -0.2) is 0 Å². The summed E-state index contributed by atoms with van der Waals surface area (Å²) < 4.78 is 0. The van der Waals surface area contributed by atoms with E-state index in [-0.39, 0.29) is 12.4 Å². The number of aliphatic hydroxyl groups excluding tert-OH is 1. The van der Waals surface area contributed by atoms with Crippen LogP contribution in [0.3, 0.4) is 0 Å². The van der Waals surface area contributed by atoms with Crippen LogP contribution in [0.1, 0.15) is 12.8 Å². The van der Waals surface area contributed by atoms with Crippen molar-refractivity contribution in [3.8, 4) is 0 Å². The van der Waals surface area contributed by atoms with Gasteiger partial charge < -0.3 is 27.0 Å². The lowest BCUT2D eigenvalue weighted by molar-refractivity contribution is -0.139. The van der Waals surface area contributed by atoms with Gasteiger partial charge in [0.2, 0.25) is 0 Å². The molecular formula is C7H16N4O3. The van der Waals surface area contributed by atoms with Gasteiger partial charge in [-0.3, -0.25) is 10.2 Å². The number of hydrogen-bond acceptors (Lipinski definition) is 4. The predicted molar refractivity (Wildman–Crippen MR) is 50.8 cm³/mol. The molecule has 0 saturated heterocycles. The van der Waals surface area contributed by atoms with Gasteiger partial charge in [0.15, 0.2) is 5.96 Å². The van der Waals surface area contributed by atoms with Crippen molar-refractivity contribution in [1.82, 2.24) is 5.32 Å². The average molecular weight is 204 g/mol. The minimum atomic E-state index is -1.14. The third kappa shape index (κ3) is 6.21. The van der Waals surface area contributed by atoms with E-state index in [0.29, 0.717) is 13.0 Å². The number of nitrogens with one attached hydrogen (secondary N) is 2. The summed E-state index contributed by atoms with van der Waals surface area (Å²) in [5.41, 5.74) is 10.2. The molecule has 0 aromatic carbocycles. The molecule has 0 heterocycles. The van der Waals surface area contributed by atoms with Crippen LogP contribution in [0.25, 0.3) is 0 Å². The van der Waals surface area contributed by atoms with Gasteiger partial charge in [-0.2, -0.15) is 0 Å². The second-order valence-electron chi connectivity index (χ2n) is 2.96. The summed E-state index contributed by atoms with van der Waals surface area (Å²) in [7, 11) is 0. The van der Waals surface area contributed by atoms with E-state index in [1.54, 1.807) is 0 Å². The number of aliphatic hydroxyl groups is 1. The van der Waals surface area contributed by atoms with E-state index in [2.05, 4.69) is 5.32 Å². The number of nitrogens with two attached hydrogens (primary N) is 2. The van der Waals surface area contributed by atoms with Gasteiger partial charge in [-0.15, -0.1) is 0 Å². The molecule has 7 nitrogen and oxygen atoms in total. The van der Waals surface area contributed by atoms with Gasteiger partial charge in [0, 0.05) is 6.54 Å². The lowest BCUT2D eigenvalue weighted by Gasteiger charge is -2.13. The molecule has 0 aliphatic heterocycles. The van der Waals surface area contributed by atoms with E-state index < -0.39 is 18.1 Å². The largest absolute Gasteiger partial charge is 0.480 e.